The van der Waals surface area contributed by atoms with E-state index in [0.29, 0.717) is 12.5 Å². The van der Waals surface area contributed by atoms with E-state index in [2.05, 4.69) is 5.32 Å². The minimum absolute atomic E-state index is 0.0768. The van der Waals surface area contributed by atoms with Gasteiger partial charge >= 0.3 is 0 Å². The highest BCUT2D eigenvalue weighted by Gasteiger charge is 2.50. The van der Waals surface area contributed by atoms with Gasteiger partial charge in [0.2, 0.25) is 5.91 Å². The number of halogens is 2. The van der Waals surface area contributed by atoms with E-state index in [1.165, 1.54) is 0 Å². The van der Waals surface area contributed by atoms with Gasteiger partial charge in [0, 0.05) is 12.0 Å². The molecule has 1 saturated carbocycles. The van der Waals surface area contributed by atoms with E-state index in [4.69, 9.17) is 23.2 Å². The van der Waals surface area contributed by atoms with E-state index in [-0.39, 0.29) is 11.3 Å². The number of nitrogens with one attached hydrogen (secondary N) is 1. The zero-order chi connectivity index (χ0) is 11.0. The highest BCUT2D eigenvalue weighted by Crippen LogP contribution is 2.54. The van der Waals surface area contributed by atoms with Crippen molar-refractivity contribution in [3.05, 3.63) is 0 Å². The lowest BCUT2D eigenvalue weighted by atomic mass is 9.96. The van der Waals surface area contributed by atoms with Crippen LogP contribution in [0.3, 0.4) is 0 Å². The molecule has 0 saturated heterocycles. The molecule has 0 aliphatic heterocycles. The maximum atomic E-state index is 11.5. The molecule has 4 heteroatoms. The summed E-state index contributed by atoms with van der Waals surface area (Å²) in [6.07, 6.45) is 1.72. The number of rotatable bonds is 3. The number of amides is 1. The van der Waals surface area contributed by atoms with Crippen molar-refractivity contribution in [2.45, 2.75) is 37.9 Å². The molecule has 1 N–H and O–H groups in total. The lowest BCUT2D eigenvalue weighted by molar-refractivity contribution is -0.128. The van der Waals surface area contributed by atoms with Crippen LogP contribution < -0.4 is 5.32 Å². The van der Waals surface area contributed by atoms with E-state index >= 15 is 0 Å². The first-order chi connectivity index (χ1) is 6.23. The summed E-state index contributed by atoms with van der Waals surface area (Å²) in [6, 6.07) is 0. The summed E-state index contributed by atoms with van der Waals surface area (Å²) in [7, 11) is 0. The first kappa shape index (κ1) is 12.1. The molecule has 0 spiro atoms. The Morgan fingerprint density at radius 2 is 2.00 bits per heavy atom. The predicted molar refractivity (Wildman–Crippen MR) is 59.6 cm³/mol. The van der Waals surface area contributed by atoms with E-state index in [9.17, 15) is 4.79 Å². The van der Waals surface area contributed by atoms with Crippen LogP contribution in [0.25, 0.3) is 0 Å². The molecule has 0 aromatic carbocycles. The first-order valence-corrected chi connectivity index (χ1v) is 5.65. The second-order valence-electron chi connectivity index (χ2n) is 4.96. The molecule has 1 fully saturated rings. The molecule has 1 aliphatic rings. The third-order valence-corrected chi connectivity index (χ3v) is 3.34. The van der Waals surface area contributed by atoms with Gasteiger partial charge in [-0.1, -0.05) is 20.8 Å². The monoisotopic (exact) mass is 237 g/mol. The van der Waals surface area contributed by atoms with E-state index in [0.717, 1.165) is 12.8 Å². The Labute approximate surface area is 95.3 Å². The Bertz CT molecular complexity index is 233. The largest absolute Gasteiger partial charge is 0.356 e. The average molecular weight is 238 g/mol. The van der Waals surface area contributed by atoms with Crippen LogP contribution in [0, 0.1) is 11.3 Å². The van der Waals surface area contributed by atoms with Gasteiger partial charge in [-0.05, 0) is 18.8 Å². The molecular weight excluding hydrogens is 221 g/mol. The van der Waals surface area contributed by atoms with Gasteiger partial charge in [-0.2, -0.15) is 0 Å². The van der Waals surface area contributed by atoms with Gasteiger partial charge in [-0.15, -0.1) is 23.2 Å². The van der Waals surface area contributed by atoms with Crippen molar-refractivity contribution in [1.29, 1.82) is 0 Å². The second-order valence-corrected chi connectivity index (χ2v) is 6.50. The van der Waals surface area contributed by atoms with Crippen molar-refractivity contribution in [3.8, 4) is 0 Å². The van der Waals surface area contributed by atoms with Gasteiger partial charge in [0.15, 0.2) is 0 Å². The van der Waals surface area contributed by atoms with Crippen molar-refractivity contribution in [3.63, 3.8) is 0 Å². The van der Waals surface area contributed by atoms with Crippen LogP contribution >= 0.6 is 23.2 Å². The Hall–Kier alpha value is 0.0500. The minimum Gasteiger partial charge on any atom is -0.356 e. The molecule has 0 aromatic heterocycles. The maximum absolute atomic E-state index is 11.5. The van der Waals surface area contributed by atoms with Gasteiger partial charge in [0.05, 0.1) is 0 Å². The van der Waals surface area contributed by atoms with Crippen molar-refractivity contribution >= 4 is 29.1 Å². The molecule has 0 bridgehead atoms. The van der Waals surface area contributed by atoms with Gasteiger partial charge in [-0.3, -0.25) is 4.79 Å². The standard InChI is InChI=1S/C10H17Cl2NO/c1-9(2,3)8(14)13-5-4-7-6-10(7,11)12/h7H,4-6H2,1-3H3,(H,13,14)/t7-/m0/s1. The lowest BCUT2D eigenvalue weighted by Crippen LogP contribution is -2.35. The number of alkyl halides is 2. The van der Waals surface area contributed by atoms with Crippen LogP contribution in [0.15, 0.2) is 0 Å². The number of carbonyl (C=O) groups excluding carboxylic acids is 1. The van der Waals surface area contributed by atoms with Gasteiger partial charge in [0.25, 0.3) is 0 Å². The molecule has 1 aliphatic carbocycles. The normalized spacial score (nSPS) is 24.5. The topological polar surface area (TPSA) is 29.1 Å². The first-order valence-electron chi connectivity index (χ1n) is 4.89. The van der Waals surface area contributed by atoms with Gasteiger partial charge in [-0.25, -0.2) is 0 Å². The Balaban J connectivity index is 2.14. The fraction of sp³-hybridized carbons (Fsp3) is 0.900. The summed E-state index contributed by atoms with van der Waals surface area (Å²) < 4.78 is -0.521. The van der Waals surface area contributed by atoms with Crippen molar-refractivity contribution < 1.29 is 4.79 Å². The van der Waals surface area contributed by atoms with Crippen LogP contribution in [0.2, 0.25) is 0 Å². The number of hydrogen-bond acceptors (Lipinski definition) is 1. The van der Waals surface area contributed by atoms with Gasteiger partial charge < -0.3 is 5.32 Å². The van der Waals surface area contributed by atoms with Crippen molar-refractivity contribution in [1.82, 2.24) is 5.32 Å². The fourth-order valence-electron chi connectivity index (χ4n) is 1.21. The molecule has 82 valence electrons. The smallest absolute Gasteiger partial charge is 0.225 e. The molecule has 1 rings (SSSR count). The average Bonchev–Trinajstić information content (AvgIpc) is 2.57. The summed E-state index contributed by atoms with van der Waals surface area (Å²) in [6.45, 7) is 6.36. The lowest BCUT2D eigenvalue weighted by Gasteiger charge is -2.17. The summed E-state index contributed by atoms with van der Waals surface area (Å²) >= 11 is 11.7. The fourth-order valence-corrected chi connectivity index (χ4v) is 1.80. The van der Waals surface area contributed by atoms with Crippen LogP contribution in [0.4, 0.5) is 0 Å². The maximum Gasteiger partial charge on any atom is 0.225 e. The SMILES string of the molecule is CC(C)(C)C(=O)NCC[C@H]1CC1(Cl)Cl. The van der Waals surface area contributed by atoms with Crippen LogP contribution in [-0.4, -0.2) is 16.8 Å². The van der Waals surface area contributed by atoms with E-state index in [1.54, 1.807) is 0 Å². The van der Waals surface area contributed by atoms with Crippen LogP contribution in [-0.2, 0) is 4.79 Å². The van der Waals surface area contributed by atoms with Crippen molar-refractivity contribution in [2.75, 3.05) is 6.54 Å². The zero-order valence-corrected chi connectivity index (χ0v) is 10.4. The molecule has 2 nitrogen and oxygen atoms in total. The summed E-state index contributed by atoms with van der Waals surface area (Å²) in [5, 5.41) is 2.88. The molecule has 0 unspecified atom stereocenters. The predicted octanol–water partition coefficient (Wildman–Crippen LogP) is 2.73. The number of hydrogen-bond donors (Lipinski definition) is 1. The molecule has 14 heavy (non-hydrogen) atoms. The minimum atomic E-state index is -0.521. The summed E-state index contributed by atoms with van der Waals surface area (Å²) in [4.78, 5) is 11.5. The van der Waals surface area contributed by atoms with E-state index < -0.39 is 4.33 Å². The Morgan fingerprint density at radius 3 is 2.36 bits per heavy atom. The van der Waals surface area contributed by atoms with Crippen LogP contribution in [0.1, 0.15) is 33.6 Å². The zero-order valence-electron chi connectivity index (χ0n) is 8.86. The Morgan fingerprint density at radius 1 is 1.50 bits per heavy atom. The van der Waals surface area contributed by atoms with E-state index in [1.807, 2.05) is 20.8 Å². The third-order valence-electron chi connectivity index (χ3n) is 2.42. The number of carbonyl (C=O) groups is 1. The molecule has 0 heterocycles. The van der Waals surface area contributed by atoms with Crippen LogP contribution in [0.5, 0.6) is 0 Å². The summed E-state index contributed by atoms with van der Waals surface area (Å²) in [5.74, 6) is 0.430. The molecule has 1 atom stereocenters. The highest BCUT2D eigenvalue weighted by molar-refractivity contribution is 6.50. The summed E-state index contributed by atoms with van der Waals surface area (Å²) in [5.41, 5.74) is -0.317. The molecule has 1 amide bonds. The van der Waals surface area contributed by atoms with Crippen molar-refractivity contribution in [2.24, 2.45) is 11.3 Å². The Kier molecular flexibility index (Phi) is 3.37. The molecule has 0 aromatic rings. The quantitative estimate of drug-likeness (QED) is 0.752. The molecular formula is C10H17Cl2NO. The third kappa shape index (κ3) is 3.32. The highest BCUT2D eigenvalue weighted by atomic mass is 35.5. The second kappa shape index (κ2) is 3.90. The molecule has 0 radical (unpaired) electrons. The van der Waals surface area contributed by atoms with Gasteiger partial charge in [0.1, 0.15) is 4.33 Å².